The Hall–Kier alpha value is -1.64. The van der Waals surface area contributed by atoms with E-state index >= 15 is 0 Å². The molecular formula is C21H37N5O2S. The molecule has 0 radical (unpaired) electrons. The summed E-state index contributed by atoms with van der Waals surface area (Å²) in [5.41, 5.74) is 1.39. The molecule has 1 aliphatic heterocycles. The molecule has 1 N–H and O–H groups in total. The molecule has 0 aliphatic carbocycles. The Morgan fingerprint density at radius 3 is 2.34 bits per heavy atom. The van der Waals surface area contributed by atoms with E-state index in [0.29, 0.717) is 25.7 Å². The molecule has 1 heterocycles. The van der Waals surface area contributed by atoms with Crippen LogP contribution in [0.5, 0.6) is 0 Å². The summed E-state index contributed by atoms with van der Waals surface area (Å²) < 4.78 is 24.9. The molecule has 0 saturated carbocycles. The molecule has 1 aromatic rings. The third-order valence-corrected chi connectivity index (χ3v) is 6.91. The summed E-state index contributed by atoms with van der Waals surface area (Å²) in [4.78, 5) is 9.28. The zero-order valence-electron chi connectivity index (χ0n) is 18.3. The second kappa shape index (κ2) is 11.5. The maximum Gasteiger partial charge on any atom is 0.211 e. The van der Waals surface area contributed by atoms with Crippen molar-refractivity contribution in [3.63, 3.8) is 0 Å². The molecule has 7 nitrogen and oxygen atoms in total. The van der Waals surface area contributed by atoms with Crippen molar-refractivity contribution < 1.29 is 8.42 Å². The van der Waals surface area contributed by atoms with Gasteiger partial charge < -0.3 is 10.2 Å². The van der Waals surface area contributed by atoms with Gasteiger partial charge in [0.25, 0.3) is 0 Å². The third kappa shape index (κ3) is 6.97. The molecule has 1 aliphatic rings. The molecule has 1 fully saturated rings. The summed E-state index contributed by atoms with van der Waals surface area (Å²) in [5, 5.41) is 3.40. The number of nitrogens with zero attached hydrogens (tertiary/aromatic N) is 4. The molecule has 8 heteroatoms. The highest BCUT2D eigenvalue weighted by atomic mass is 32.2. The van der Waals surface area contributed by atoms with Crippen LogP contribution in [0.1, 0.15) is 38.3 Å². The van der Waals surface area contributed by atoms with Crippen molar-refractivity contribution in [3.8, 4) is 0 Å². The van der Waals surface area contributed by atoms with E-state index in [1.807, 2.05) is 14.0 Å². The Morgan fingerprint density at radius 2 is 1.83 bits per heavy atom. The van der Waals surface area contributed by atoms with Crippen LogP contribution in [-0.4, -0.2) is 87.6 Å². The van der Waals surface area contributed by atoms with Crippen LogP contribution < -0.4 is 5.32 Å². The molecule has 0 bridgehead atoms. The van der Waals surface area contributed by atoms with Crippen molar-refractivity contribution in [1.29, 1.82) is 0 Å². The van der Waals surface area contributed by atoms with Gasteiger partial charge in [0.1, 0.15) is 0 Å². The number of rotatable bonds is 9. The molecule has 164 valence electrons. The Balaban J connectivity index is 1.81. The molecule has 0 aromatic heterocycles. The first-order valence-electron chi connectivity index (χ1n) is 10.6. The molecule has 29 heavy (non-hydrogen) atoms. The highest BCUT2D eigenvalue weighted by Crippen LogP contribution is 2.25. The van der Waals surface area contributed by atoms with Gasteiger partial charge in [-0.15, -0.1) is 0 Å². The SMILES string of the molecule is CCC(c1ccccc1)N1CCN(C(=NC)NCCCN(CC)S(C)(=O)=O)CC1. The van der Waals surface area contributed by atoms with Gasteiger partial charge >= 0.3 is 0 Å². The van der Waals surface area contributed by atoms with Crippen LogP contribution in [0.25, 0.3) is 0 Å². The highest BCUT2D eigenvalue weighted by molar-refractivity contribution is 7.88. The van der Waals surface area contributed by atoms with Crippen LogP contribution >= 0.6 is 0 Å². The van der Waals surface area contributed by atoms with Gasteiger partial charge in [-0.05, 0) is 18.4 Å². The monoisotopic (exact) mass is 423 g/mol. The van der Waals surface area contributed by atoms with Gasteiger partial charge in [-0.2, -0.15) is 0 Å². The number of piperazine rings is 1. The van der Waals surface area contributed by atoms with Crippen LogP contribution in [0.15, 0.2) is 35.3 Å². The van der Waals surface area contributed by atoms with Gasteiger partial charge in [-0.3, -0.25) is 9.89 Å². The lowest BCUT2D eigenvalue weighted by Crippen LogP contribution is -2.53. The molecule has 1 aromatic carbocycles. The summed E-state index contributed by atoms with van der Waals surface area (Å²) >= 11 is 0. The lowest BCUT2D eigenvalue weighted by atomic mass is 10.0. The van der Waals surface area contributed by atoms with E-state index in [1.54, 1.807) is 0 Å². The van der Waals surface area contributed by atoms with Crippen LogP contribution in [0, 0.1) is 0 Å². The van der Waals surface area contributed by atoms with E-state index in [0.717, 1.165) is 45.0 Å². The maximum atomic E-state index is 11.7. The first-order chi connectivity index (χ1) is 13.9. The molecular weight excluding hydrogens is 386 g/mol. The van der Waals surface area contributed by atoms with Crippen LogP contribution in [-0.2, 0) is 10.0 Å². The Kier molecular flexibility index (Phi) is 9.39. The van der Waals surface area contributed by atoms with Crippen molar-refractivity contribution >= 4 is 16.0 Å². The first-order valence-corrected chi connectivity index (χ1v) is 12.4. The first kappa shape index (κ1) is 23.6. The quantitative estimate of drug-likeness (QED) is 0.374. The predicted molar refractivity (Wildman–Crippen MR) is 121 cm³/mol. The standard InChI is InChI=1S/C21H37N5O2S/c1-5-20(19-11-8-7-9-12-19)24-15-17-25(18-16-24)21(22-3)23-13-10-14-26(6-2)29(4,27)28/h7-9,11-12,20H,5-6,10,13-18H2,1-4H3,(H,22,23). The lowest BCUT2D eigenvalue weighted by molar-refractivity contribution is 0.127. The van der Waals surface area contributed by atoms with Crippen LogP contribution in [0.2, 0.25) is 0 Å². The van der Waals surface area contributed by atoms with Gasteiger partial charge in [0, 0.05) is 58.9 Å². The van der Waals surface area contributed by atoms with Crippen molar-refractivity contribution in [3.05, 3.63) is 35.9 Å². The minimum atomic E-state index is -3.12. The van der Waals surface area contributed by atoms with E-state index in [2.05, 4.69) is 57.4 Å². The van der Waals surface area contributed by atoms with E-state index in [-0.39, 0.29) is 0 Å². The number of nitrogens with one attached hydrogen (secondary N) is 1. The number of hydrogen-bond acceptors (Lipinski definition) is 4. The average Bonchev–Trinajstić information content (AvgIpc) is 2.72. The van der Waals surface area contributed by atoms with Crippen LogP contribution in [0.4, 0.5) is 0 Å². The number of aliphatic imine (C=N–C) groups is 1. The normalized spacial score (nSPS) is 17.6. The molecule has 2 rings (SSSR count). The van der Waals surface area contributed by atoms with E-state index < -0.39 is 10.0 Å². The molecule has 1 unspecified atom stereocenters. The number of guanidine groups is 1. The van der Waals surface area contributed by atoms with Crippen molar-refractivity contribution in [2.75, 3.05) is 59.1 Å². The summed E-state index contributed by atoms with van der Waals surface area (Å²) in [6.07, 6.45) is 3.12. The number of sulfonamides is 1. The van der Waals surface area contributed by atoms with Crippen molar-refractivity contribution in [2.45, 2.75) is 32.7 Å². The smallest absolute Gasteiger partial charge is 0.211 e. The zero-order chi connectivity index (χ0) is 21.3. The minimum absolute atomic E-state index is 0.462. The fourth-order valence-corrected chi connectivity index (χ4v) is 4.90. The average molecular weight is 424 g/mol. The van der Waals surface area contributed by atoms with E-state index in [1.165, 1.54) is 16.1 Å². The van der Waals surface area contributed by atoms with Gasteiger partial charge in [-0.1, -0.05) is 44.2 Å². The molecule has 0 spiro atoms. The van der Waals surface area contributed by atoms with Crippen molar-refractivity contribution in [2.24, 2.45) is 4.99 Å². The molecule has 1 saturated heterocycles. The fraction of sp³-hybridized carbons (Fsp3) is 0.667. The fourth-order valence-electron chi connectivity index (χ4n) is 3.97. The van der Waals surface area contributed by atoms with Gasteiger partial charge in [0.05, 0.1) is 6.26 Å². The summed E-state index contributed by atoms with van der Waals surface area (Å²) in [6, 6.07) is 11.2. The van der Waals surface area contributed by atoms with E-state index in [4.69, 9.17) is 0 Å². The van der Waals surface area contributed by atoms with Crippen molar-refractivity contribution in [1.82, 2.24) is 19.4 Å². The summed E-state index contributed by atoms with van der Waals surface area (Å²) in [5.74, 6) is 0.903. The lowest BCUT2D eigenvalue weighted by Gasteiger charge is -2.40. The Bertz CT molecular complexity index is 731. The highest BCUT2D eigenvalue weighted by Gasteiger charge is 2.25. The summed E-state index contributed by atoms with van der Waals surface area (Å²) in [7, 11) is -1.31. The third-order valence-electron chi connectivity index (χ3n) is 5.53. The minimum Gasteiger partial charge on any atom is -0.356 e. The Labute approximate surface area is 176 Å². The second-order valence-electron chi connectivity index (χ2n) is 7.44. The van der Waals surface area contributed by atoms with Crippen LogP contribution in [0.3, 0.4) is 0 Å². The maximum absolute atomic E-state index is 11.7. The van der Waals surface area contributed by atoms with Gasteiger partial charge in [0.2, 0.25) is 10.0 Å². The van der Waals surface area contributed by atoms with Gasteiger partial charge in [0.15, 0.2) is 5.96 Å². The number of hydrogen-bond donors (Lipinski definition) is 1. The van der Waals surface area contributed by atoms with E-state index in [9.17, 15) is 8.42 Å². The second-order valence-corrected chi connectivity index (χ2v) is 9.42. The van der Waals surface area contributed by atoms with Gasteiger partial charge in [-0.25, -0.2) is 12.7 Å². The topological polar surface area (TPSA) is 68.2 Å². The molecule has 0 amide bonds. The summed E-state index contributed by atoms with van der Waals surface area (Å²) in [6.45, 7) is 9.75. The largest absolute Gasteiger partial charge is 0.356 e. The Morgan fingerprint density at radius 1 is 1.17 bits per heavy atom. The molecule has 1 atom stereocenters. The predicted octanol–water partition coefficient (Wildman–Crippen LogP) is 2.00. The number of benzene rings is 1. The zero-order valence-corrected chi connectivity index (χ0v) is 19.2.